The fraction of sp³-hybridized carbons (Fsp3) is 0.800. The zero-order valence-electron chi connectivity index (χ0n) is 33.9. The van der Waals surface area contributed by atoms with Crippen LogP contribution in [-0.4, -0.2) is 41.9 Å². The van der Waals surface area contributed by atoms with Crippen LogP contribution in [0, 0.1) is 0 Å². The third kappa shape index (κ3) is 39.5. The van der Waals surface area contributed by atoms with E-state index in [0.717, 1.165) is 77.0 Å². The Bertz CT molecular complexity index is 1000. The average Bonchev–Trinajstić information content (AvgIpc) is 3.11. The molecule has 0 aromatic heterocycles. The molecule has 6 nitrogen and oxygen atoms in total. The van der Waals surface area contributed by atoms with Crippen molar-refractivity contribution in [2.24, 2.45) is 0 Å². The summed E-state index contributed by atoms with van der Waals surface area (Å²) in [4.78, 5) is 12.6. The molecular formula is C45H83NO5S. The number of hydrogen-bond donors (Lipinski definition) is 3. The second-order valence-electron chi connectivity index (χ2n) is 14.9. The molecule has 0 fully saturated rings. The first-order valence-electron chi connectivity index (χ1n) is 21.8. The summed E-state index contributed by atoms with van der Waals surface area (Å²) in [6, 6.07) is -0.980. The third-order valence-electron chi connectivity index (χ3n) is 9.80. The maximum absolute atomic E-state index is 12.6. The molecule has 0 aliphatic carbocycles. The molecule has 2 atom stereocenters. The number of hydrogen-bond acceptors (Lipinski definition) is 4. The lowest BCUT2D eigenvalue weighted by atomic mass is 10.0. The van der Waals surface area contributed by atoms with Gasteiger partial charge >= 0.3 is 0 Å². The van der Waals surface area contributed by atoms with E-state index in [4.69, 9.17) is 0 Å². The lowest BCUT2D eigenvalue weighted by Gasteiger charge is -2.23. The highest BCUT2D eigenvalue weighted by molar-refractivity contribution is 7.85. The Balaban J connectivity index is 3.87. The van der Waals surface area contributed by atoms with E-state index in [9.17, 15) is 22.9 Å². The number of amides is 1. The topological polar surface area (TPSA) is 104 Å². The molecule has 0 rings (SSSR count). The van der Waals surface area contributed by atoms with Crippen molar-refractivity contribution < 1.29 is 22.9 Å². The molecule has 2 unspecified atom stereocenters. The fourth-order valence-corrected chi connectivity index (χ4v) is 7.32. The summed E-state index contributed by atoms with van der Waals surface area (Å²) >= 11 is 0. The van der Waals surface area contributed by atoms with Gasteiger partial charge < -0.3 is 10.4 Å². The third-order valence-corrected chi connectivity index (χ3v) is 10.6. The van der Waals surface area contributed by atoms with Crippen molar-refractivity contribution >= 4 is 16.0 Å². The van der Waals surface area contributed by atoms with Gasteiger partial charge in [-0.05, 0) is 51.4 Å². The Labute approximate surface area is 322 Å². The second kappa shape index (κ2) is 39.0. The number of allylic oxidation sites excluding steroid dienone is 8. The largest absolute Gasteiger partial charge is 0.391 e. The van der Waals surface area contributed by atoms with Crippen molar-refractivity contribution in [3.63, 3.8) is 0 Å². The normalized spacial score (nSPS) is 13.7. The summed E-state index contributed by atoms with van der Waals surface area (Å²) in [6.07, 6.45) is 52.0. The number of rotatable bonds is 39. The van der Waals surface area contributed by atoms with Crippen molar-refractivity contribution in [1.82, 2.24) is 5.32 Å². The molecule has 1 amide bonds. The van der Waals surface area contributed by atoms with Crippen LogP contribution in [0.2, 0.25) is 0 Å². The van der Waals surface area contributed by atoms with Crippen LogP contribution in [0.1, 0.15) is 213 Å². The minimum Gasteiger partial charge on any atom is -0.391 e. The molecule has 0 aromatic rings. The average molecular weight is 750 g/mol. The highest BCUT2D eigenvalue weighted by Gasteiger charge is 2.26. The number of nitrogens with one attached hydrogen (secondary N) is 1. The Kier molecular flexibility index (Phi) is 37.7. The van der Waals surface area contributed by atoms with E-state index in [1.807, 2.05) is 0 Å². The molecule has 0 bridgehead atoms. The molecule has 304 valence electrons. The predicted octanol–water partition coefficient (Wildman–Crippen LogP) is 13.1. The maximum Gasteiger partial charge on any atom is 0.266 e. The summed E-state index contributed by atoms with van der Waals surface area (Å²) in [5, 5.41) is 13.4. The van der Waals surface area contributed by atoms with E-state index in [-0.39, 0.29) is 5.91 Å². The van der Waals surface area contributed by atoms with E-state index < -0.39 is 28.0 Å². The minimum absolute atomic E-state index is 0.259. The quantitative estimate of drug-likeness (QED) is 0.0330. The van der Waals surface area contributed by atoms with Gasteiger partial charge in [-0.15, -0.1) is 0 Å². The first kappa shape index (κ1) is 50.3. The number of unbranched alkanes of at least 4 members (excludes halogenated alkanes) is 23. The van der Waals surface area contributed by atoms with Gasteiger partial charge in [0.05, 0.1) is 17.9 Å². The first-order valence-corrected chi connectivity index (χ1v) is 23.4. The molecule has 0 saturated carbocycles. The van der Waals surface area contributed by atoms with Gasteiger partial charge in [0, 0.05) is 6.42 Å². The predicted molar refractivity (Wildman–Crippen MR) is 225 cm³/mol. The summed E-state index contributed by atoms with van der Waals surface area (Å²) in [5.74, 6) is -0.914. The van der Waals surface area contributed by atoms with E-state index in [0.29, 0.717) is 12.8 Å². The molecule has 3 N–H and O–H groups in total. The van der Waals surface area contributed by atoms with Crippen LogP contribution in [0.4, 0.5) is 0 Å². The molecule has 0 saturated heterocycles. The van der Waals surface area contributed by atoms with Gasteiger partial charge in [-0.3, -0.25) is 9.35 Å². The van der Waals surface area contributed by atoms with Crippen molar-refractivity contribution in [3.8, 4) is 0 Å². The van der Waals surface area contributed by atoms with Crippen LogP contribution in [0.15, 0.2) is 48.6 Å². The van der Waals surface area contributed by atoms with Gasteiger partial charge in [-0.1, -0.05) is 204 Å². The standard InChI is InChI=1S/C45H83NO5S/c1-3-5-7-9-11-13-15-17-19-21-23-25-27-29-31-33-35-37-39-41-45(48)46-43(42-52(49,50)51)44(47)40-38-36-34-32-30-28-26-24-22-20-18-16-14-12-10-8-6-4-2/h5,7,11,13,17,19,23,25,43-44,47H,3-4,6,8-10,12,14-16,18,20-22,24,26-42H2,1-2H3,(H,46,48)(H,49,50,51)/b7-5-,13-11-,19-17-,25-23-. The van der Waals surface area contributed by atoms with Crippen molar-refractivity contribution in [2.45, 2.75) is 225 Å². The van der Waals surface area contributed by atoms with Crippen molar-refractivity contribution in [3.05, 3.63) is 48.6 Å². The Morgan fingerprint density at radius 1 is 0.538 bits per heavy atom. The van der Waals surface area contributed by atoms with Crippen LogP contribution in [0.5, 0.6) is 0 Å². The fourth-order valence-electron chi connectivity index (χ4n) is 6.56. The highest BCUT2D eigenvalue weighted by Crippen LogP contribution is 2.16. The van der Waals surface area contributed by atoms with Crippen molar-refractivity contribution in [1.29, 1.82) is 0 Å². The molecule has 0 spiro atoms. The highest BCUT2D eigenvalue weighted by atomic mass is 32.2. The summed E-state index contributed by atoms with van der Waals surface area (Å²) in [5.41, 5.74) is 0. The molecule has 0 aromatic carbocycles. The van der Waals surface area contributed by atoms with Crippen LogP contribution in [0.25, 0.3) is 0 Å². The monoisotopic (exact) mass is 750 g/mol. The van der Waals surface area contributed by atoms with Gasteiger partial charge in [0.25, 0.3) is 10.1 Å². The van der Waals surface area contributed by atoms with Gasteiger partial charge in [0.15, 0.2) is 0 Å². The zero-order valence-corrected chi connectivity index (χ0v) is 34.7. The van der Waals surface area contributed by atoms with E-state index in [1.54, 1.807) is 0 Å². The van der Waals surface area contributed by atoms with Gasteiger partial charge in [-0.2, -0.15) is 8.42 Å². The van der Waals surface area contributed by atoms with E-state index in [1.165, 1.54) is 109 Å². The minimum atomic E-state index is -4.32. The lowest BCUT2D eigenvalue weighted by molar-refractivity contribution is -0.122. The van der Waals surface area contributed by atoms with Crippen LogP contribution in [0.3, 0.4) is 0 Å². The summed E-state index contributed by atoms with van der Waals surface area (Å²) < 4.78 is 32.6. The summed E-state index contributed by atoms with van der Waals surface area (Å²) in [6.45, 7) is 4.42. The maximum atomic E-state index is 12.6. The van der Waals surface area contributed by atoms with Crippen LogP contribution >= 0.6 is 0 Å². The molecule has 0 aliphatic rings. The first-order chi connectivity index (χ1) is 25.3. The number of aliphatic hydroxyl groups is 1. The number of carbonyl (C=O) groups excluding carboxylic acids is 1. The number of carbonyl (C=O) groups is 1. The van der Waals surface area contributed by atoms with E-state index >= 15 is 0 Å². The molecular weight excluding hydrogens is 667 g/mol. The number of aliphatic hydroxyl groups excluding tert-OH is 1. The van der Waals surface area contributed by atoms with Crippen LogP contribution in [-0.2, 0) is 14.9 Å². The molecule has 0 aliphatic heterocycles. The SMILES string of the molecule is CC/C=C\C/C=C\C/C=C\C/C=C\CCCCCCCCC(=O)NC(CS(=O)(=O)O)C(O)CCCCCCCCCCCCCCCCCCCC. The zero-order chi connectivity index (χ0) is 38.2. The Hall–Kier alpha value is -1.70. The second-order valence-corrected chi connectivity index (χ2v) is 16.4. The van der Waals surface area contributed by atoms with E-state index in [2.05, 4.69) is 67.8 Å². The van der Waals surface area contributed by atoms with Crippen molar-refractivity contribution in [2.75, 3.05) is 5.75 Å². The molecule has 52 heavy (non-hydrogen) atoms. The van der Waals surface area contributed by atoms with Gasteiger partial charge in [-0.25, -0.2) is 0 Å². The van der Waals surface area contributed by atoms with Gasteiger partial charge in [0.2, 0.25) is 5.91 Å². The van der Waals surface area contributed by atoms with Gasteiger partial charge in [0.1, 0.15) is 0 Å². The molecule has 0 heterocycles. The smallest absolute Gasteiger partial charge is 0.266 e. The molecule has 7 heteroatoms. The Morgan fingerprint density at radius 2 is 0.923 bits per heavy atom. The lowest BCUT2D eigenvalue weighted by Crippen LogP contribution is -2.47. The summed E-state index contributed by atoms with van der Waals surface area (Å²) in [7, 11) is -4.32. The molecule has 0 radical (unpaired) electrons. The van der Waals surface area contributed by atoms with Crippen LogP contribution < -0.4 is 5.32 Å². The Morgan fingerprint density at radius 3 is 1.37 bits per heavy atom.